The lowest BCUT2D eigenvalue weighted by Crippen LogP contribution is -2.25. The molecule has 0 saturated heterocycles. The number of nitrogens with zero attached hydrogens (tertiary/aromatic N) is 1. The summed E-state index contributed by atoms with van der Waals surface area (Å²) in [5, 5.41) is 0. The maximum absolute atomic E-state index is 12.3. The van der Waals surface area contributed by atoms with Crippen LogP contribution in [-0.2, 0) is 6.54 Å². The molecule has 0 amide bonds. The Labute approximate surface area is 125 Å². The van der Waals surface area contributed by atoms with Crippen LogP contribution in [0.5, 0.6) is 5.75 Å². The average Bonchev–Trinajstić information content (AvgIpc) is 2.48. The minimum absolute atomic E-state index is 0.0442. The van der Waals surface area contributed by atoms with E-state index in [1.165, 1.54) is 5.56 Å². The fourth-order valence-corrected chi connectivity index (χ4v) is 2.20. The number of hydrogen-bond donors (Lipinski definition) is 1. The first kappa shape index (κ1) is 15.1. The smallest absolute Gasteiger partial charge is 0.176 e. The maximum Gasteiger partial charge on any atom is 0.176 e. The molecule has 0 spiro atoms. The highest BCUT2D eigenvalue weighted by atomic mass is 16.5. The van der Waals surface area contributed by atoms with Crippen molar-refractivity contribution in [3.63, 3.8) is 0 Å². The predicted octanol–water partition coefficient (Wildman–Crippen LogP) is 2.59. The number of carbonyl (C=O) groups excluding carboxylic acids is 1. The molecule has 0 bridgehead atoms. The van der Waals surface area contributed by atoms with E-state index in [0.717, 1.165) is 6.54 Å². The van der Waals surface area contributed by atoms with Gasteiger partial charge in [0.05, 0.1) is 19.3 Å². The zero-order valence-electron chi connectivity index (χ0n) is 12.4. The van der Waals surface area contributed by atoms with E-state index in [1.54, 1.807) is 25.3 Å². The summed E-state index contributed by atoms with van der Waals surface area (Å²) in [5.74, 6) is 0.631. The zero-order chi connectivity index (χ0) is 15.2. The van der Waals surface area contributed by atoms with E-state index in [4.69, 9.17) is 10.5 Å². The number of carbonyl (C=O) groups is 1. The van der Waals surface area contributed by atoms with Gasteiger partial charge in [0, 0.05) is 12.1 Å². The van der Waals surface area contributed by atoms with E-state index < -0.39 is 0 Å². The number of nitrogen functional groups attached to an aromatic ring is 1. The van der Waals surface area contributed by atoms with Crippen LogP contribution in [0.25, 0.3) is 0 Å². The molecule has 2 aromatic rings. The number of ether oxygens (including phenoxy) is 1. The van der Waals surface area contributed by atoms with Gasteiger partial charge in [0.2, 0.25) is 0 Å². The number of Topliss-reactive ketones (excluding diaryl/α,β-unsaturated/α-hetero) is 1. The first-order valence-electron chi connectivity index (χ1n) is 6.79. The largest absolute Gasteiger partial charge is 0.495 e. The van der Waals surface area contributed by atoms with E-state index in [9.17, 15) is 4.79 Å². The number of benzene rings is 2. The van der Waals surface area contributed by atoms with Crippen LogP contribution in [0.1, 0.15) is 15.9 Å². The molecule has 0 heterocycles. The summed E-state index contributed by atoms with van der Waals surface area (Å²) in [5.41, 5.74) is 8.10. The Balaban J connectivity index is 1.99. The van der Waals surface area contributed by atoms with Crippen LogP contribution in [0.3, 0.4) is 0 Å². The summed E-state index contributed by atoms with van der Waals surface area (Å²) in [4.78, 5) is 14.2. The van der Waals surface area contributed by atoms with Gasteiger partial charge in [-0.1, -0.05) is 30.3 Å². The van der Waals surface area contributed by atoms with E-state index in [1.807, 2.05) is 42.3 Å². The molecular weight excluding hydrogens is 264 g/mol. The van der Waals surface area contributed by atoms with Crippen LogP contribution < -0.4 is 10.5 Å². The van der Waals surface area contributed by atoms with Gasteiger partial charge in [-0.05, 0) is 30.8 Å². The third-order valence-electron chi connectivity index (χ3n) is 3.26. The maximum atomic E-state index is 12.3. The monoisotopic (exact) mass is 284 g/mol. The van der Waals surface area contributed by atoms with Crippen molar-refractivity contribution in [3.05, 3.63) is 59.7 Å². The fraction of sp³-hybridized carbons (Fsp3) is 0.235. The molecule has 0 atom stereocenters. The lowest BCUT2D eigenvalue weighted by molar-refractivity contribution is 0.0943. The SMILES string of the molecule is COc1ccc(C(=O)CN(C)Cc2ccccc2)cc1N. The zero-order valence-corrected chi connectivity index (χ0v) is 12.4. The molecule has 0 aliphatic carbocycles. The van der Waals surface area contributed by atoms with Crippen LogP contribution in [0.15, 0.2) is 48.5 Å². The summed E-state index contributed by atoms with van der Waals surface area (Å²) >= 11 is 0. The number of anilines is 1. The highest BCUT2D eigenvalue weighted by Gasteiger charge is 2.11. The molecule has 21 heavy (non-hydrogen) atoms. The van der Waals surface area contributed by atoms with Gasteiger partial charge in [-0.2, -0.15) is 0 Å². The fourth-order valence-electron chi connectivity index (χ4n) is 2.20. The second-order valence-corrected chi connectivity index (χ2v) is 5.04. The van der Waals surface area contributed by atoms with Crippen LogP contribution in [0.2, 0.25) is 0 Å². The second-order valence-electron chi connectivity index (χ2n) is 5.04. The number of methoxy groups -OCH3 is 1. The van der Waals surface area contributed by atoms with E-state index in [2.05, 4.69) is 0 Å². The molecule has 0 unspecified atom stereocenters. The molecule has 2 rings (SSSR count). The van der Waals surface area contributed by atoms with Crippen molar-refractivity contribution in [2.45, 2.75) is 6.54 Å². The van der Waals surface area contributed by atoms with E-state index >= 15 is 0 Å². The van der Waals surface area contributed by atoms with Gasteiger partial charge in [-0.3, -0.25) is 9.69 Å². The molecule has 0 aliphatic heterocycles. The Kier molecular flexibility index (Phi) is 4.95. The number of ketones is 1. The number of rotatable bonds is 6. The first-order valence-corrected chi connectivity index (χ1v) is 6.79. The lowest BCUT2D eigenvalue weighted by atomic mass is 10.1. The number of hydrogen-bond acceptors (Lipinski definition) is 4. The van der Waals surface area contributed by atoms with Crippen LogP contribution in [-0.4, -0.2) is 31.4 Å². The highest BCUT2D eigenvalue weighted by Crippen LogP contribution is 2.22. The summed E-state index contributed by atoms with van der Waals surface area (Å²) in [6.07, 6.45) is 0. The third kappa shape index (κ3) is 4.07. The van der Waals surface area contributed by atoms with Gasteiger partial charge in [0.25, 0.3) is 0 Å². The minimum Gasteiger partial charge on any atom is -0.495 e. The van der Waals surface area contributed by atoms with Crippen molar-refractivity contribution in [3.8, 4) is 5.75 Å². The van der Waals surface area contributed by atoms with Crippen molar-refractivity contribution in [2.24, 2.45) is 0 Å². The van der Waals surface area contributed by atoms with Crippen molar-refractivity contribution >= 4 is 11.5 Å². The van der Waals surface area contributed by atoms with Gasteiger partial charge in [-0.25, -0.2) is 0 Å². The molecule has 2 aromatic carbocycles. The van der Waals surface area contributed by atoms with Crippen molar-refractivity contribution in [2.75, 3.05) is 26.4 Å². The van der Waals surface area contributed by atoms with Gasteiger partial charge in [0.1, 0.15) is 5.75 Å². The van der Waals surface area contributed by atoms with Crippen LogP contribution in [0, 0.1) is 0 Å². The molecule has 4 heteroatoms. The molecule has 0 aromatic heterocycles. The second kappa shape index (κ2) is 6.90. The summed E-state index contributed by atoms with van der Waals surface area (Å²) < 4.78 is 5.09. The van der Waals surface area contributed by atoms with Gasteiger partial charge in [-0.15, -0.1) is 0 Å². The molecular formula is C17H20N2O2. The predicted molar refractivity (Wildman–Crippen MR) is 84.5 cm³/mol. The summed E-state index contributed by atoms with van der Waals surface area (Å²) in [6.45, 7) is 1.08. The Morgan fingerprint density at radius 1 is 1.19 bits per heavy atom. The topological polar surface area (TPSA) is 55.6 Å². The molecule has 0 fully saturated rings. The first-order chi connectivity index (χ1) is 10.1. The highest BCUT2D eigenvalue weighted by molar-refractivity contribution is 5.98. The van der Waals surface area contributed by atoms with Crippen LogP contribution >= 0.6 is 0 Å². The lowest BCUT2D eigenvalue weighted by Gasteiger charge is -2.16. The quantitative estimate of drug-likeness (QED) is 0.654. The van der Waals surface area contributed by atoms with Gasteiger partial charge < -0.3 is 10.5 Å². The Morgan fingerprint density at radius 3 is 2.52 bits per heavy atom. The number of likely N-dealkylation sites (N-methyl/N-ethyl adjacent to an activating group) is 1. The van der Waals surface area contributed by atoms with Crippen molar-refractivity contribution in [1.29, 1.82) is 0 Å². The molecule has 0 aliphatic rings. The van der Waals surface area contributed by atoms with E-state index in [-0.39, 0.29) is 5.78 Å². The Morgan fingerprint density at radius 2 is 1.90 bits per heavy atom. The third-order valence-corrected chi connectivity index (χ3v) is 3.26. The van der Waals surface area contributed by atoms with Crippen molar-refractivity contribution < 1.29 is 9.53 Å². The molecule has 0 radical (unpaired) electrons. The summed E-state index contributed by atoms with van der Waals surface area (Å²) in [6, 6.07) is 15.2. The molecule has 2 N–H and O–H groups in total. The minimum atomic E-state index is 0.0442. The molecule has 110 valence electrons. The normalized spacial score (nSPS) is 10.6. The van der Waals surface area contributed by atoms with Crippen LogP contribution in [0.4, 0.5) is 5.69 Å². The Hall–Kier alpha value is -2.33. The molecule has 0 saturated carbocycles. The van der Waals surface area contributed by atoms with Gasteiger partial charge >= 0.3 is 0 Å². The van der Waals surface area contributed by atoms with Gasteiger partial charge in [0.15, 0.2) is 5.78 Å². The molecule has 4 nitrogen and oxygen atoms in total. The number of nitrogens with two attached hydrogens (primary N) is 1. The average molecular weight is 284 g/mol. The van der Waals surface area contributed by atoms with Crippen molar-refractivity contribution in [1.82, 2.24) is 4.90 Å². The summed E-state index contributed by atoms with van der Waals surface area (Å²) in [7, 11) is 3.48. The standard InChI is InChI=1S/C17H20N2O2/c1-19(11-13-6-4-3-5-7-13)12-16(20)14-8-9-17(21-2)15(18)10-14/h3-10H,11-12,18H2,1-2H3. The Bertz CT molecular complexity index is 611. The van der Waals surface area contributed by atoms with E-state index in [0.29, 0.717) is 23.5 Å².